The molecule has 1 aromatic rings. The number of nitrogens with zero attached hydrogens (tertiary/aromatic N) is 2. The SMILES string of the molecule is CCNC(=NCC1(OC)CCOCC1)N1CCC(Cc2ccccc2)CC1.I. The van der Waals surface area contributed by atoms with Gasteiger partial charge in [0.1, 0.15) is 0 Å². The molecule has 1 N–H and O–H groups in total. The van der Waals surface area contributed by atoms with Crippen LogP contribution in [0.25, 0.3) is 0 Å². The zero-order valence-corrected chi connectivity index (χ0v) is 19.7. The number of piperidine rings is 1. The van der Waals surface area contributed by atoms with E-state index in [-0.39, 0.29) is 29.6 Å². The molecule has 2 fully saturated rings. The van der Waals surface area contributed by atoms with Gasteiger partial charge < -0.3 is 19.7 Å². The van der Waals surface area contributed by atoms with Gasteiger partial charge in [-0.25, -0.2) is 0 Å². The van der Waals surface area contributed by atoms with Crippen LogP contribution in [-0.2, 0) is 15.9 Å². The maximum Gasteiger partial charge on any atom is 0.194 e. The molecule has 2 saturated heterocycles. The highest BCUT2D eigenvalue weighted by atomic mass is 127. The Bertz CT molecular complexity index is 583. The highest BCUT2D eigenvalue weighted by molar-refractivity contribution is 14.0. The zero-order chi connectivity index (χ0) is 19.0. The quantitative estimate of drug-likeness (QED) is 0.367. The van der Waals surface area contributed by atoms with Gasteiger partial charge in [-0.3, -0.25) is 4.99 Å². The van der Waals surface area contributed by atoms with Crippen molar-refractivity contribution in [2.24, 2.45) is 10.9 Å². The zero-order valence-electron chi connectivity index (χ0n) is 17.4. The van der Waals surface area contributed by atoms with Gasteiger partial charge in [0, 0.05) is 52.8 Å². The second-order valence-electron chi connectivity index (χ2n) is 7.79. The summed E-state index contributed by atoms with van der Waals surface area (Å²) in [5, 5.41) is 3.49. The van der Waals surface area contributed by atoms with Crippen molar-refractivity contribution in [3.05, 3.63) is 35.9 Å². The fraction of sp³-hybridized carbons (Fsp3) is 0.682. The van der Waals surface area contributed by atoms with E-state index >= 15 is 0 Å². The van der Waals surface area contributed by atoms with Crippen molar-refractivity contribution in [2.45, 2.75) is 44.6 Å². The summed E-state index contributed by atoms with van der Waals surface area (Å²) >= 11 is 0. The molecule has 3 rings (SSSR count). The molecule has 5 nitrogen and oxygen atoms in total. The Labute approximate surface area is 187 Å². The third kappa shape index (κ3) is 6.59. The Morgan fingerprint density at radius 1 is 1.21 bits per heavy atom. The smallest absolute Gasteiger partial charge is 0.194 e. The van der Waals surface area contributed by atoms with Crippen LogP contribution in [-0.4, -0.2) is 63.0 Å². The van der Waals surface area contributed by atoms with Gasteiger partial charge >= 0.3 is 0 Å². The fourth-order valence-corrected chi connectivity index (χ4v) is 4.11. The van der Waals surface area contributed by atoms with E-state index in [2.05, 4.69) is 47.5 Å². The van der Waals surface area contributed by atoms with Crippen molar-refractivity contribution in [2.75, 3.05) is 46.5 Å². The summed E-state index contributed by atoms with van der Waals surface area (Å²) in [6.07, 6.45) is 5.48. The molecule has 28 heavy (non-hydrogen) atoms. The lowest BCUT2D eigenvalue weighted by atomic mass is 9.90. The minimum atomic E-state index is -0.162. The normalized spacial score (nSPS) is 20.5. The van der Waals surface area contributed by atoms with E-state index in [1.165, 1.54) is 24.8 Å². The molecular weight excluding hydrogens is 465 g/mol. The Balaban J connectivity index is 0.00000280. The Hall–Kier alpha value is -0.860. The van der Waals surface area contributed by atoms with Gasteiger partial charge in [-0.15, -0.1) is 24.0 Å². The first-order valence-electron chi connectivity index (χ1n) is 10.4. The lowest BCUT2D eigenvalue weighted by Gasteiger charge is -2.37. The van der Waals surface area contributed by atoms with Crippen molar-refractivity contribution in [3.8, 4) is 0 Å². The Morgan fingerprint density at radius 2 is 1.89 bits per heavy atom. The molecule has 1 aromatic carbocycles. The van der Waals surface area contributed by atoms with Gasteiger partial charge in [-0.1, -0.05) is 30.3 Å². The molecule has 2 aliphatic rings. The predicted molar refractivity (Wildman–Crippen MR) is 126 cm³/mol. The second kappa shape index (κ2) is 12.0. The maximum absolute atomic E-state index is 5.84. The van der Waals surface area contributed by atoms with Gasteiger partial charge in [-0.2, -0.15) is 0 Å². The number of hydrogen-bond donors (Lipinski definition) is 1. The van der Waals surface area contributed by atoms with Gasteiger partial charge in [0.15, 0.2) is 5.96 Å². The molecule has 0 aromatic heterocycles. The Morgan fingerprint density at radius 3 is 2.50 bits per heavy atom. The molecule has 2 aliphatic heterocycles. The molecule has 158 valence electrons. The monoisotopic (exact) mass is 501 g/mol. The van der Waals surface area contributed by atoms with E-state index in [0.717, 1.165) is 57.6 Å². The Kier molecular flexibility index (Phi) is 10.0. The first-order chi connectivity index (χ1) is 13.2. The van der Waals surface area contributed by atoms with Crippen LogP contribution >= 0.6 is 24.0 Å². The summed E-state index contributed by atoms with van der Waals surface area (Å²) in [6, 6.07) is 10.9. The number of benzene rings is 1. The second-order valence-corrected chi connectivity index (χ2v) is 7.79. The molecule has 0 unspecified atom stereocenters. The fourth-order valence-electron chi connectivity index (χ4n) is 4.11. The summed E-state index contributed by atoms with van der Waals surface area (Å²) in [4.78, 5) is 7.39. The van der Waals surface area contributed by atoms with E-state index in [1.807, 2.05) is 7.11 Å². The van der Waals surface area contributed by atoms with Crippen LogP contribution in [0.5, 0.6) is 0 Å². The molecule has 0 radical (unpaired) electrons. The minimum absolute atomic E-state index is 0. The lowest BCUT2D eigenvalue weighted by molar-refractivity contribution is -0.0829. The number of nitrogens with one attached hydrogen (secondary N) is 1. The first-order valence-corrected chi connectivity index (χ1v) is 10.4. The van der Waals surface area contributed by atoms with Gasteiger partial charge in [0.2, 0.25) is 0 Å². The van der Waals surface area contributed by atoms with Crippen LogP contribution in [0.2, 0.25) is 0 Å². The van der Waals surface area contributed by atoms with Gasteiger partial charge in [0.05, 0.1) is 12.1 Å². The van der Waals surface area contributed by atoms with Crippen LogP contribution in [0.15, 0.2) is 35.3 Å². The molecule has 0 bridgehead atoms. The number of rotatable bonds is 6. The largest absolute Gasteiger partial charge is 0.381 e. The molecule has 0 spiro atoms. The van der Waals surface area contributed by atoms with Crippen molar-refractivity contribution in [1.29, 1.82) is 0 Å². The molecular formula is C22H36IN3O2. The molecule has 0 amide bonds. The van der Waals surface area contributed by atoms with Crippen molar-refractivity contribution < 1.29 is 9.47 Å². The van der Waals surface area contributed by atoms with Gasteiger partial charge in [-0.05, 0) is 37.7 Å². The van der Waals surface area contributed by atoms with E-state index in [9.17, 15) is 0 Å². The van der Waals surface area contributed by atoms with E-state index in [1.54, 1.807) is 0 Å². The predicted octanol–water partition coefficient (Wildman–Crippen LogP) is 3.72. The number of methoxy groups -OCH3 is 1. The van der Waals surface area contributed by atoms with Crippen molar-refractivity contribution in [1.82, 2.24) is 10.2 Å². The number of guanidine groups is 1. The number of ether oxygens (including phenoxy) is 2. The van der Waals surface area contributed by atoms with Crippen LogP contribution in [0.1, 0.15) is 38.2 Å². The first kappa shape index (κ1) is 23.4. The van der Waals surface area contributed by atoms with Crippen molar-refractivity contribution in [3.63, 3.8) is 0 Å². The molecule has 0 atom stereocenters. The van der Waals surface area contributed by atoms with Crippen molar-refractivity contribution >= 4 is 29.9 Å². The summed E-state index contributed by atoms with van der Waals surface area (Å²) in [5.41, 5.74) is 1.29. The third-order valence-corrected chi connectivity index (χ3v) is 5.97. The number of likely N-dealkylation sites (tertiary alicyclic amines) is 1. The average Bonchev–Trinajstić information content (AvgIpc) is 2.73. The molecule has 0 saturated carbocycles. The third-order valence-electron chi connectivity index (χ3n) is 5.97. The summed E-state index contributed by atoms with van der Waals surface area (Å²) in [7, 11) is 1.81. The van der Waals surface area contributed by atoms with Crippen LogP contribution < -0.4 is 5.32 Å². The highest BCUT2D eigenvalue weighted by Crippen LogP contribution is 2.25. The summed E-state index contributed by atoms with van der Waals surface area (Å²) in [6.45, 7) is 7.43. The number of hydrogen-bond acceptors (Lipinski definition) is 3. The number of aliphatic imine (C=N–C) groups is 1. The van der Waals surface area contributed by atoms with Gasteiger partial charge in [0.25, 0.3) is 0 Å². The molecule has 2 heterocycles. The maximum atomic E-state index is 5.84. The van der Waals surface area contributed by atoms with Crippen LogP contribution in [0.4, 0.5) is 0 Å². The van der Waals surface area contributed by atoms with E-state index in [4.69, 9.17) is 14.5 Å². The van der Waals surface area contributed by atoms with E-state index in [0.29, 0.717) is 6.54 Å². The summed E-state index contributed by atoms with van der Waals surface area (Å²) in [5.74, 6) is 1.81. The highest BCUT2D eigenvalue weighted by Gasteiger charge is 2.33. The number of halogens is 1. The summed E-state index contributed by atoms with van der Waals surface area (Å²) < 4.78 is 11.3. The topological polar surface area (TPSA) is 46.1 Å². The van der Waals surface area contributed by atoms with Crippen LogP contribution in [0, 0.1) is 5.92 Å². The van der Waals surface area contributed by atoms with Crippen LogP contribution in [0.3, 0.4) is 0 Å². The lowest BCUT2D eigenvalue weighted by Crippen LogP contribution is -2.47. The molecule has 0 aliphatic carbocycles. The van der Waals surface area contributed by atoms with E-state index < -0.39 is 0 Å². The minimum Gasteiger partial charge on any atom is -0.381 e. The molecule has 6 heteroatoms. The standard InChI is InChI=1S/C22H35N3O2.HI/c1-3-23-21(24-18-22(26-2)11-15-27-16-12-22)25-13-9-20(10-14-25)17-19-7-5-4-6-8-19;/h4-8,20H,3,9-18H2,1-2H3,(H,23,24);1H. The average molecular weight is 501 g/mol.